The molecule has 1 saturated heterocycles. The molecule has 146 valence electrons. The fourth-order valence-corrected chi connectivity index (χ4v) is 5.58. The zero-order valence-corrected chi connectivity index (χ0v) is 17.1. The molecule has 0 atom stereocenters. The van der Waals surface area contributed by atoms with Crippen LogP contribution in [0.5, 0.6) is 0 Å². The lowest BCUT2D eigenvalue weighted by Gasteiger charge is -2.28. The van der Waals surface area contributed by atoms with Gasteiger partial charge >= 0.3 is 0 Å². The first kappa shape index (κ1) is 20.0. The van der Waals surface area contributed by atoms with E-state index in [1.807, 2.05) is 31.2 Å². The highest BCUT2D eigenvalue weighted by atomic mass is 32.2. The molecule has 8 heteroatoms. The van der Waals surface area contributed by atoms with Crippen LogP contribution in [0.2, 0.25) is 0 Å². The van der Waals surface area contributed by atoms with Crippen molar-refractivity contribution >= 4 is 27.3 Å². The largest absolute Gasteiger partial charge is 0.340 e. The molecular weight excluding hydrogens is 382 g/mol. The summed E-state index contributed by atoms with van der Waals surface area (Å²) in [4.78, 5) is 14.3. The number of thiophene rings is 1. The first-order chi connectivity index (χ1) is 13.0. The van der Waals surface area contributed by atoms with Crippen LogP contribution in [-0.4, -0.2) is 56.3 Å². The smallest absolute Gasteiger partial charge is 0.252 e. The molecule has 0 radical (unpaired) electrons. The van der Waals surface area contributed by atoms with Crippen LogP contribution in [-0.2, 0) is 21.4 Å². The molecule has 0 aliphatic carbocycles. The number of carbonyl (C=O) groups is 1. The fraction of sp³-hybridized carbons (Fsp3) is 0.421. The highest BCUT2D eigenvalue weighted by molar-refractivity contribution is 7.91. The topological polar surface area (TPSA) is 69.7 Å². The van der Waals surface area contributed by atoms with Crippen molar-refractivity contribution in [3.8, 4) is 0 Å². The summed E-state index contributed by atoms with van der Waals surface area (Å²) in [5, 5.41) is 4.97. The molecule has 0 unspecified atom stereocenters. The molecule has 0 spiro atoms. The van der Waals surface area contributed by atoms with Gasteiger partial charge in [0.2, 0.25) is 5.91 Å². The van der Waals surface area contributed by atoms with Gasteiger partial charge in [0.1, 0.15) is 4.21 Å². The third-order valence-electron chi connectivity index (χ3n) is 4.61. The molecule has 0 bridgehead atoms. The fourth-order valence-electron chi connectivity index (χ4n) is 3.01. The van der Waals surface area contributed by atoms with Crippen LogP contribution in [0.3, 0.4) is 0 Å². The first-order valence-electron chi connectivity index (χ1n) is 9.04. The molecule has 1 amide bonds. The van der Waals surface area contributed by atoms with E-state index in [-0.39, 0.29) is 25.4 Å². The van der Waals surface area contributed by atoms with Crippen LogP contribution >= 0.6 is 11.3 Å². The number of amides is 1. The van der Waals surface area contributed by atoms with Crippen molar-refractivity contribution in [2.45, 2.75) is 24.1 Å². The minimum atomic E-state index is -3.62. The zero-order chi connectivity index (χ0) is 19.3. The van der Waals surface area contributed by atoms with Crippen molar-refractivity contribution in [1.82, 2.24) is 14.5 Å². The molecule has 1 fully saturated rings. The maximum Gasteiger partial charge on any atom is 0.252 e. The number of nitrogens with zero attached hydrogens (tertiary/aromatic N) is 2. The van der Waals surface area contributed by atoms with Crippen molar-refractivity contribution in [2.24, 2.45) is 0 Å². The van der Waals surface area contributed by atoms with E-state index in [4.69, 9.17) is 0 Å². The van der Waals surface area contributed by atoms with Crippen LogP contribution in [0.15, 0.2) is 46.0 Å². The lowest BCUT2D eigenvalue weighted by molar-refractivity contribution is -0.131. The Morgan fingerprint density at radius 2 is 1.89 bits per heavy atom. The molecular formula is C19H25N3O3S2. The normalized spacial score (nSPS) is 15.3. The third-order valence-corrected chi connectivity index (χ3v) is 7.83. The van der Waals surface area contributed by atoms with Crippen molar-refractivity contribution in [1.29, 1.82) is 0 Å². The average molecular weight is 408 g/mol. The minimum absolute atomic E-state index is 0.00628. The molecule has 6 nitrogen and oxygen atoms in total. The number of nitrogens with one attached hydrogen (secondary N) is 1. The highest BCUT2D eigenvalue weighted by Gasteiger charge is 2.27. The van der Waals surface area contributed by atoms with E-state index in [1.165, 1.54) is 15.6 Å². The Labute approximate surface area is 164 Å². The molecule has 1 aromatic heterocycles. The van der Waals surface area contributed by atoms with Gasteiger partial charge in [-0.15, -0.1) is 11.3 Å². The van der Waals surface area contributed by atoms with Crippen LogP contribution < -0.4 is 5.32 Å². The van der Waals surface area contributed by atoms with Gasteiger partial charge in [0.15, 0.2) is 0 Å². The standard InChI is InChI=1S/C19H25N3O3S2/c1-16-4-6-17(7-5-16)15-22(27(24,25)19-3-2-14-26-19)11-8-18(23)21-12-9-20-10-13-21/h2-7,14,20H,8-13,15H2,1H3. The maximum absolute atomic E-state index is 13.1. The summed E-state index contributed by atoms with van der Waals surface area (Å²) in [7, 11) is -3.62. The molecule has 0 saturated carbocycles. The summed E-state index contributed by atoms with van der Waals surface area (Å²) < 4.78 is 27.8. The van der Waals surface area contributed by atoms with E-state index in [9.17, 15) is 13.2 Å². The van der Waals surface area contributed by atoms with Crippen LogP contribution in [0.4, 0.5) is 0 Å². The van der Waals surface area contributed by atoms with E-state index in [2.05, 4.69) is 5.32 Å². The Morgan fingerprint density at radius 1 is 1.19 bits per heavy atom. The number of piperazine rings is 1. The Hall–Kier alpha value is -1.74. The predicted molar refractivity (Wildman–Crippen MR) is 107 cm³/mol. The summed E-state index contributed by atoms with van der Waals surface area (Å²) in [6, 6.07) is 11.1. The van der Waals surface area contributed by atoms with E-state index in [0.29, 0.717) is 17.3 Å². The third kappa shape index (κ3) is 5.16. The Kier molecular flexibility index (Phi) is 6.64. The van der Waals surface area contributed by atoms with Gasteiger partial charge in [-0.2, -0.15) is 4.31 Å². The predicted octanol–water partition coefficient (Wildman–Crippen LogP) is 2.07. The molecule has 27 heavy (non-hydrogen) atoms. The van der Waals surface area contributed by atoms with Gasteiger partial charge in [-0.25, -0.2) is 8.42 Å². The molecule has 2 aromatic rings. The first-order valence-corrected chi connectivity index (χ1v) is 11.4. The Morgan fingerprint density at radius 3 is 2.52 bits per heavy atom. The van der Waals surface area contributed by atoms with Crippen molar-refractivity contribution in [3.63, 3.8) is 0 Å². The summed E-state index contributed by atoms with van der Waals surface area (Å²) >= 11 is 1.20. The van der Waals surface area contributed by atoms with E-state index in [1.54, 1.807) is 22.4 Å². The summed E-state index contributed by atoms with van der Waals surface area (Å²) in [5.41, 5.74) is 2.04. The van der Waals surface area contributed by atoms with Crippen molar-refractivity contribution in [2.75, 3.05) is 32.7 Å². The van der Waals surface area contributed by atoms with Gasteiger partial charge in [0, 0.05) is 45.7 Å². The second-order valence-corrected chi connectivity index (χ2v) is 9.75. The Balaban J connectivity index is 1.74. The summed E-state index contributed by atoms with van der Waals surface area (Å²) in [6.07, 6.45) is 0.191. The number of carbonyl (C=O) groups excluding carboxylic acids is 1. The van der Waals surface area contributed by atoms with Crippen LogP contribution in [0, 0.1) is 6.92 Å². The second kappa shape index (κ2) is 8.97. The van der Waals surface area contributed by atoms with E-state index >= 15 is 0 Å². The summed E-state index contributed by atoms with van der Waals surface area (Å²) in [5.74, 6) is 0.00628. The number of hydrogen-bond acceptors (Lipinski definition) is 5. The number of aryl methyl sites for hydroxylation is 1. The summed E-state index contributed by atoms with van der Waals surface area (Å²) in [6.45, 7) is 5.35. The lowest BCUT2D eigenvalue weighted by atomic mass is 10.1. The zero-order valence-electron chi connectivity index (χ0n) is 15.4. The van der Waals surface area contributed by atoms with Gasteiger partial charge in [-0.05, 0) is 23.9 Å². The van der Waals surface area contributed by atoms with Gasteiger partial charge < -0.3 is 10.2 Å². The van der Waals surface area contributed by atoms with Crippen molar-refractivity contribution in [3.05, 3.63) is 52.9 Å². The Bertz CT molecular complexity index is 843. The maximum atomic E-state index is 13.1. The highest BCUT2D eigenvalue weighted by Crippen LogP contribution is 2.23. The monoisotopic (exact) mass is 407 g/mol. The average Bonchev–Trinajstić information content (AvgIpc) is 3.22. The molecule has 1 aliphatic rings. The van der Waals surface area contributed by atoms with Crippen LogP contribution in [0.1, 0.15) is 17.5 Å². The quantitative estimate of drug-likeness (QED) is 0.763. The van der Waals surface area contributed by atoms with Gasteiger partial charge in [-0.3, -0.25) is 4.79 Å². The molecule has 3 rings (SSSR count). The van der Waals surface area contributed by atoms with E-state index < -0.39 is 10.0 Å². The van der Waals surface area contributed by atoms with Crippen molar-refractivity contribution < 1.29 is 13.2 Å². The van der Waals surface area contributed by atoms with Gasteiger partial charge in [0.05, 0.1) is 0 Å². The molecule has 2 heterocycles. The van der Waals surface area contributed by atoms with Gasteiger partial charge in [0.25, 0.3) is 10.0 Å². The number of sulfonamides is 1. The lowest BCUT2D eigenvalue weighted by Crippen LogP contribution is -2.47. The second-order valence-electron chi connectivity index (χ2n) is 6.64. The van der Waals surface area contributed by atoms with E-state index in [0.717, 1.165) is 24.2 Å². The number of hydrogen-bond donors (Lipinski definition) is 1. The number of rotatable bonds is 7. The minimum Gasteiger partial charge on any atom is -0.340 e. The molecule has 1 N–H and O–H groups in total. The number of benzene rings is 1. The van der Waals surface area contributed by atoms with Crippen LogP contribution in [0.25, 0.3) is 0 Å². The SMILES string of the molecule is Cc1ccc(CN(CCC(=O)N2CCNCC2)S(=O)(=O)c2cccs2)cc1. The van der Waals surface area contributed by atoms with Gasteiger partial charge in [-0.1, -0.05) is 35.9 Å². The molecule has 1 aromatic carbocycles. The molecule has 1 aliphatic heterocycles.